The summed E-state index contributed by atoms with van der Waals surface area (Å²) in [5.74, 6) is 0. The molecule has 1 saturated heterocycles. The molecule has 0 spiro atoms. The Kier molecular flexibility index (Phi) is 5.30. The Morgan fingerprint density at radius 2 is 1.53 bits per heavy atom. The first-order valence-electron chi connectivity index (χ1n) is 10.1. The van der Waals surface area contributed by atoms with Crippen molar-refractivity contribution in [3.05, 3.63) is 72.3 Å². The number of hydrogen-bond donors (Lipinski definition) is 1. The van der Waals surface area contributed by atoms with Crippen LogP contribution in [0.1, 0.15) is 33.3 Å². The first-order valence-corrected chi connectivity index (χ1v) is 10.1. The second-order valence-electron chi connectivity index (χ2n) is 8.60. The van der Waals surface area contributed by atoms with Crippen molar-refractivity contribution in [2.75, 3.05) is 5.32 Å². The molecule has 1 N–H and O–H groups in total. The molecule has 1 heterocycles. The van der Waals surface area contributed by atoms with E-state index in [9.17, 15) is 4.79 Å². The van der Waals surface area contributed by atoms with Crippen molar-refractivity contribution >= 4 is 35.1 Å². The Morgan fingerprint density at radius 1 is 0.900 bits per heavy atom. The molecule has 1 aliphatic rings. The molecular formula is C24H26BNO4. The lowest BCUT2D eigenvalue weighted by atomic mass is 9.78. The summed E-state index contributed by atoms with van der Waals surface area (Å²) < 4.78 is 17.6. The van der Waals surface area contributed by atoms with Crippen LogP contribution in [-0.2, 0) is 20.7 Å². The lowest BCUT2D eigenvalue weighted by Crippen LogP contribution is -2.41. The normalized spacial score (nSPS) is 17.1. The maximum absolute atomic E-state index is 12.1. The third-order valence-corrected chi connectivity index (χ3v) is 5.85. The zero-order chi connectivity index (χ0) is 21.4. The SMILES string of the molecule is CC1(C)OB(c2ccc3cc(NC(=O)OCc4ccccc4)ccc3c2)OC1(C)C. The molecule has 6 heteroatoms. The lowest BCUT2D eigenvalue weighted by Gasteiger charge is -2.32. The van der Waals surface area contributed by atoms with Crippen molar-refractivity contribution < 1.29 is 18.8 Å². The summed E-state index contributed by atoms with van der Waals surface area (Å²) in [5, 5.41) is 4.84. The standard InChI is InChI=1S/C24H26BNO4/c1-23(2)24(3,4)30-25(29-23)20-12-10-19-15-21(13-11-18(19)14-20)26-22(27)28-16-17-8-6-5-7-9-17/h5-15H,16H2,1-4H3,(H,26,27). The fourth-order valence-corrected chi connectivity index (χ4v) is 3.34. The number of carbonyl (C=O) groups is 1. The van der Waals surface area contributed by atoms with E-state index >= 15 is 0 Å². The number of amides is 1. The molecule has 0 bridgehead atoms. The topological polar surface area (TPSA) is 56.8 Å². The maximum Gasteiger partial charge on any atom is 0.494 e. The Labute approximate surface area is 177 Å². The summed E-state index contributed by atoms with van der Waals surface area (Å²) in [4.78, 5) is 12.1. The quantitative estimate of drug-likeness (QED) is 0.631. The number of hydrogen-bond acceptors (Lipinski definition) is 4. The molecule has 1 fully saturated rings. The van der Waals surface area contributed by atoms with E-state index < -0.39 is 13.2 Å². The molecule has 30 heavy (non-hydrogen) atoms. The van der Waals surface area contributed by atoms with Crippen LogP contribution in [-0.4, -0.2) is 24.4 Å². The van der Waals surface area contributed by atoms with Crippen LogP contribution in [0.2, 0.25) is 0 Å². The molecule has 0 saturated carbocycles. The van der Waals surface area contributed by atoms with E-state index in [-0.39, 0.29) is 17.8 Å². The van der Waals surface area contributed by atoms with Gasteiger partial charge in [0.25, 0.3) is 0 Å². The summed E-state index contributed by atoms with van der Waals surface area (Å²) in [6.45, 7) is 8.41. The van der Waals surface area contributed by atoms with E-state index in [1.54, 1.807) is 0 Å². The third kappa shape index (κ3) is 4.20. The molecule has 3 aromatic rings. The average molecular weight is 403 g/mol. The summed E-state index contributed by atoms with van der Waals surface area (Å²) in [7, 11) is -0.398. The second-order valence-corrected chi connectivity index (χ2v) is 8.60. The van der Waals surface area contributed by atoms with Crippen molar-refractivity contribution in [1.29, 1.82) is 0 Å². The Morgan fingerprint density at radius 3 is 2.23 bits per heavy atom. The van der Waals surface area contributed by atoms with Gasteiger partial charge in [-0.1, -0.05) is 54.6 Å². The molecule has 0 unspecified atom stereocenters. The molecule has 0 radical (unpaired) electrons. The molecule has 5 nitrogen and oxygen atoms in total. The summed E-state index contributed by atoms with van der Waals surface area (Å²) >= 11 is 0. The number of anilines is 1. The van der Waals surface area contributed by atoms with Gasteiger partial charge in [0.15, 0.2) is 0 Å². The van der Waals surface area contributed by atoms with Crippen LogP contribution in [0.5, 0.6) is 0 Å². The predicted octanol–water partition coefficient (Wildman–Crippen LogP) is 4.89. The van der Waals surface area contributed by atoms with Crippen LogP contribution >= 0.6 is 0 Å². The second kappa shape index (κ2) is 7.78. The third-order valence-electron chi connectivity index (χ3n) is 5.85. The molecule has 1 aliphatic heterocycles. The van der Waals surface area contributed by atoms with Crippen LogP contribution in [0, 0.1) is 0 Å². The molecule has 0 aliphatic carbocycles. The minimum Gasteiger partial charge on any atom is -0.444 e. The predicted molar refractivity (Wildman–Crippen MR) is 120 cm³/mol. The Bertz CT molecular complexity index is 1050. The highest BCUT2D eigenvalue weighted by Crippen LogP contribution is 2.36. The van der Waals surface area contributed by atoms with Gasteiger partial charge < -0.3 is 14.0 Å². The number of fused-ring (bicyclic) bond motifs is 1. The van der Waals surface area contributed by atoms with E-state index in [0.29, 0.717) is 5.69 Å². The van der Waals surface area contributed by atoms with Gasteiger partial charge in [0.1, 0.15) is 6.61 Å². The lowest BCUT2D eigenvalue weighted by molar-refractivity contribution is 0.00578. The van der Waals surface area contributed by atoms with Gasteiger partial charge >= 0.3 is 13.2 Å². The van der Waals surface area contributed by atoms with Crippen LogP contribution < -0.4 is 10.8 Å². The highest BCUT2D eigenvalue weighted by atomic mass is 16.7. The number of nitrogens with one attached hydrogen (secondary N) is 1. The average Bonchev–Trinajstić information content (AvgIpc) is 2.94. The number of rotatable bonds is 4. The molecule has 0 aromatic heterocycles. The smallest absolute Gasteiger partial charge is 0.444 e. The highest BCUT2D eigenvalue weighted by molar-refractivity contribution is 6.62. The van der Waals surface area contributed by atoms with Crippen molar-refractivity contribution in [1.82, 2.24) is 0 Å². The van der Waals surface area contributed by atoms with Gasteiger partial charge in [-0.15, -0.1) is 0 Å². The summed E-state index contributed by atoms with van der Waals surface area (Å²) in [6, 6.07) is 21.4. The van der Waals surface area contributed by atoms with Crippen molar-refractivity contribution in [3.8, 4) is 0 Å². The molecule has 154 valence electrons. The van der Waals surface area contributed by atoms with E-state index in [4.69, 9.17) is 14.0 Å². The number of benzene rings is 3. The summed E-state index contributed by atoms with van der Waals surface area (Å²) in [5.41, 5.74) is 1.86. The zero-order valence-electron chi connectivity index (χ0n) is 17.8. The van der Waals surface area contributed by atoms with Crippen LogP contribution in [0.25, 0.3) is 10.8 Å². The fraction of sp³-hybridized carbons (Fsp3) is 0.292. The van der Waals surface area contributed by atoms with Gasteiger partial charge in [-0.3, -0.25) is 5.32 Å². The fourth-order valence-electron chi connectivity index (χ4n) is 3.34. The minimum atomic E-state index is -0.480. The van der Waals surface area contributed by atoms with Gasteiger partial charge in [-0.25, -0.2) is 4.79 Å². The zero-order valence-corrected chi connectivity index (χ0v) is 17.8. The maximum atomic E-state index is 12.1. The van der Waals surface area contributed by atoms with Gasteiger partial charge in [0.2, 0.25) is 0 Å². The van der Waals surface area contributed by atoms with Gasteiger partial charge in [0.05, 0.1) is 11.2 Å². The van der Waals surface area contributed by atoms with E-state index in [1.807, 2.05) is 88.4 Å². The largest absolute Gasteiger partial charge is 0.494 e. The molecule has 1 amide bonds. The highest BCUT2D eigenvalue weighted by Gasteiger charge is 2.51. The monoisotopic (exact) mass is 403 g/mol. The van der Waals surface area contributed by atoms with Gasteiger partial charge in [-0.05, 0) is 61.6 Å². The van der Waals surface area contributed by atoms with Crippen molar-refractivity contribution in [2.45, 2.75) is 45.5 Å². The van der Waals surface area contributed by atoms with Crippen LogP contribution in [0.15, 0.2) is 66.7 Å². The van der Waals surface area contributed by atoms with Crippen LogP contribution in [0.4, 0.5) is 10.5 Å². The molecule has 0 atom stereocenters. The molecular weight excluding hydrogens is 377 g/mol. The van der Waals surface area contributed by atoms with Crippen LogP contribution in [0.3, 0.4) is 0 Å². The van der Waals surface area contributed by atoms with Crippen molar-refractivity contribution in [3.63, 3.8) is 0 Å². The van der Waals surface area contributed by atoms with E-state index in [0.717, 1.165) is 21.8 Å². The van der Waals surface area contributed by atoms with Crippen molar-refractivity contribution in [2.24, 2.45) is 0 Å². The molecule has 3 aromatic carbocycles. The van der Waals surface area contributed by atoms with E-state index in [2.05, 4.69) is 11.4 Å². The minimum absolute atomic E-state index is 0.234. The summed E-state index contributed by atoms with van der Waals surface area (Å²) in [6.07, 6.45) is -0.480. The van der Waals surface area contributed by atoms with E-state index in [1.165, 1.54) is 0 Å². The first-order chi connectivity index (χ1) is 14.2. The Balaban J connectivity index is 1.44. The first kappa shape index (κ1) is 20.4. The number of ether oxygens (including phenoxy) is 1. The van der Waals surface area contributed by atoms with Gasteiger partial charge in [0, 0.05) is 5.69 Å². The molecule has 4 rings (SSSR count). The Hall–Kier alpha value is -2.83. The number of carbonyl (C=O) groups excluding carboxylic acids is 1. The van der Waals surface area contributed by atoms with Gasteiger partial charge in [-0.2, -0.15) is 0 Å².